The standard InChI is InChI=1S/C12H15ClN2O3S/c1-2-10(16)5-6-15-19(17,18)11-4-3-9(8-14)12(13)7-11/h3-4,7,10,15-16H,2,5-6H2,1H3. The van der Waals surface area contributed by atoms with Gasteiger partial charge in [-0.2, -0.15) is 5.26 Å². The molecule has 0 saturated carbocycles. The second kappa shape index (κ2) is 6.87. The zero-order valence-corrected chi connectivity index (χ0v) is 12.0. The lowest BCUT2D eigenvalue weighted by Crippen LogP contribution is -2.27. The molecular weight excluding hydrogens is 288 g/mol. The van der Waals surface area contributed by atoms with Crippen molar-refractivity contribution in [3.63, 3.8) is 0 Å². The highest BCUT2D eigenvalue weighted by atomic mass is 35.5. The average molecular weight is 303 g/mol. The Balaban J connectivity index is 2.78. The summed E-state index contributed by atoms with van der Waals surface area (Å²) in [5, 5.41) is 18.2. The molecule has 0 saturated heterocycles. The molecule has 0 spiro atoms. The highest BCUT2D eigenvalue weighted by molar-refractivity contribution is 7.89. The Hall–Kier alpha value is -1.13. The fraction of sp³-hybridized carbons (Fsp3) is 0.417. The van der Waals surface area contributed by atoms with Gasteiger partial charge in [0.1, 0.15) is 6.07 Å². The molecule has 1 unspecified atom stereocenters. The number of rotatable bonds is 6. The van der Waals surface area contributed by atoms with Gasteiger partial charge in [0.25, 0.3) is 0 Å². The number of nitriles is 1. The average Bonchev–Trinajstić information content (AvgIpc) is 2.38. The SMILES string of the molecule is CCC(O)CCNS(=O)(=O)c1ccc(C#N)c(Cl)c1. The van der Waals surface area contributed by atoms with Crippen LogP contribution >= 0.6 is 11.6 Å². The summed E-state index contributed by atoms with van der Waals surface area (Å²) in [6.07, 6.45) is 0.400. The van der Waals surface area contributed by atoms with Crippen LogP contribution in [0.1, 0.15) is 25.3 Å². The first-order valence-corrected chi connectivity index (χ1v) is 7.64. The van der Waals surface area contributed by atoms with Gasteiger partial charge in [-0.3, -0.25) is 0 Å². The number of aliphatic hydroxyl groups is 1. The minimum atomic E-state index is -3.67. The maximum absolute atomic E-state index is 11.9. The molecule has 19 heavy (non-hydrogen) atoms. The van der Waals surface area contributed by atoms with Crippen LogP contribution in [0.2, 0.25) is 5.02 Å². The predicted octanol–water partition coefficient (Wildman–Crippen LogP) is 1.65. The number of sulfonamides is 1. The van der Waals surface area contributed by atoms with Gasteiger partial charge in [-0.15, -0.1) is 0 Å². The Morgan fingerprint density at radius 2 is 2.21 bits per heavy atom. The molecule has 0 aliphatic carbocycles. The van der Waals surface area contributed by atoms with Crippen molar-refractivity contribution in [2.75, 3.05) is 6.54 Å². The summed E-state index contributed by atoms with van der Waals surface area (Å²) >= 11 is 5.79. The summed E-state index contributed by atoms with van der Waals surface area (Å²) in [4.78, 5) is 0.00230. The normalized spacial score (nSPS) is 12.9. The second-order valence-corrected chi connectivity index (χ2v) is 6.18. The largest absolute Gasteiger partial charge is 0.393 e. The molecule has 1 aromatic rings. The number of halogens is 1. The van der Waals surface area contributed by atoms with E-state index >= 15 is 0 Å². The zero-order valence-electron chi connectivity index (χ0n) is 10.4. The highest BCUT2D eigenvalue weighted by Crippen LogP contribution is 2.20. The predicted molar refractivity (Wildman–Crippen MR) is 72.3 cm³/mol. The van der Waals surface area contributed by atoms with Crippen molar-refractivity contribution in [1.29, 1.82) is 5.26 Å². The number of nitrogens with zero attached hydrogens (tertiary/aromatic N) is 1. The van der Waals surface area contributed by atoms with Crippen molar-refractivity contribution in [3.05, 3.63) is 28.8 Å². The van der Waals surface area contributed by atoms with E-state index in [9.17, 15) is 13.5 Å². The third kappa shape index (κ3) is 4.48. The topological polar surface area (TPSA) is 90.2 Å². The van der Waals surface area contributed by atoms with Crippen molar-refractivity contribution in [2.24, 2.45) is 0 Å². The van der Waals surface area contributed by atoms with Crippen molar-refractivity contribution >= 4 is 21.6 Å². The summed E-state index contributed by atoms with van der Waals surface area (Å²) in [6, 6.07) is 5.78. The quantitative estimate of drug-likeness (QED) is 0.836. The fourth-order valence-electron chi connectivity index (χ4n) is 1.40. The van der Waals surface area contributed by atoms with Gasteiger partial charge < -0.3 is 5.11 Å². The van der Waals surface area contributed by atoms with Crippen molar-refractivity contribution < 1.29 is 13.5 Å². The Morgan fingerprint density at radius 1 is 1.53 bits per heavy atom. The smallest absolute Gasteiger partial charge is 0.240 e. The van der Waals surface area contributed by atoms with Crippen LogP contribution in [0.5, 0.6) is 0 Å². The number of nitrogens with one attached hydrogen (secondary N) is 1. The molecule has 0 bridgehead atoms. The van der Waals surface area contributed by atoms with Gasteiger partial charge in [0.15, 0.2) is 0 Å². The van der Waals surface area contributed by atoms with Crippen LogP contribution < -0.4 is 4.72 Å². The van der Waals surface area contributed by atoms with Crippen molar-refractivity contribution in [3.8, 4) is 6.07 Å². The van der Waals surface area contributed by atoms with E-state index in [2.05, 4.69) is 4.72 Å². The number of benzene rings is 1. The summed E-state index contributed by atoms with van der Waals surface area (Å²) in [5.74, 6) is 0. The van der Waals surface area contributed by atoms with E-state index in [0.29, 0.717) is 12.8 Å². The van der Waals surface area contributed by atoms with Crippen molar-refractivity contribution in [1.82, 2.24) is 4.72 Å². The summed E-state index contributed by atoms with van der Waals surface area (Å²) in [7, 11) is -3.67. The summed E-state index contributed by atoms with van der Waals surface area (Å²) < 4.78 is 26.2. The lowest BCUT2D eigenvalue weighted by atomic mass is 10.2. The molecule has 0 aromatic heterocycles. The van der Waals surface area contributed by atoms with Crippen molar-refractivity contribution in [2.45, 2.75) is 30.8 Å². The first-order chi connectivity index (χ1) is 8.90. The minimum Gasteiger partial charge on any atom is -0.393 e. The molecule has 0 heterocycles. The molecule has 104 valence electrons. The lowest BCUT2D eigenvalue weighted by Gasteiger charge is -2.10. The summed E-state index contributed by atoms with van der Waals surface area (Å²) in [5.41, 5.74) is 0.224. The van der Waals surface area contributed by atoms with Crippen LogP contribution in [0.3, 0.4) is 0 Å². The van der Waals surface area contributed by atoms with E-state index in [1.54, 1.807) is 0 Å². The van der Waals surface area contributed by atoms with Gasteiger partial charge in [-0.25, -0.2) is 13.1 Å². The maximum Gasteiger partial charge on any atom is 0.240 e. The molecule has 0 fully saturated rings. The number of hydrogen-bond acceptors (Lipinski definition) is 4. The Kier molecular flexibility index (Phi) is 5.76. The third-order valence-electron chi connectivity index (χ3n) is 2.61. The van der Waals surface area contributed by atoms with Gasteiger partial charge in [-0.05, 0) is 31.0 Å². The second-order valence-electron chi connectivity index (χ2n) is 4.00. The van der Waals surface area contributed by atoms with E-state index in [-0.39, 0.29) is 22.0 Å². The van der Waals surface area contributed by atoms with Crippen LogP contribution in [0.25, 0.3) is 0 Å². The van der Waals surface area contributed by atoms with Crippen LogP contribution in [-0.4, -0.2) is 26.2 Å². The van der Waals surface area contributed by atoms with Gasteiger partial charge in [0.05, 0.1) is 21.6 Å². The van der Waals surface area contributed by atoms with E-state index in [1.165, 1.54) is 18.2 Å². The first-order valence-electron chi connectivity index (χ1n) is 5.78. The maximum atomic E-state index is 11.9. The monoisotopic (exact) mass is 302 g/mol. The van der Waals surface area contributed by atoms with Gasteiger partial charge in [0, 0.05) is 6.54 Å². The van der Waals surface area contributed by atoms with Crippen LogP contribution in [-0.2, 0) is 10.0 Å². The molecule has 0 radical (unpaired) electrons. The Bertz CT molecular complexity index is 581. The van der Waals surface area contributed by atoms with Crippen LogP contribution in [0.15, 0.2) is 23.1 Å². The molecule has 0 amide bonds. The van der Waals surface area contributed by atoms with E-state index in [1.807, 2.05) is 13.0 Å². The van der Waals surface area contributed by atoms with Gasteiger partial charge >= 0.3 is 0 Å². The van der Waals surface area contributed by atoms with Gasteiger partial charge in [0.2, 0.25) is 10.0 Å². The highest BCUT2D eigenvalue weighted by Gasteiger charge is 2.15. The molecule has 1 aromatic carbocycles. The molecule has 7 heteroatoms. The van der Waals surface area contributed by atoms with Crippen LogP contribution in [0, 0.1) is 11.3 Å². The Morgan fingerprint density at radius 3 is 2.74 bits per heavy atom. The number of hydrogen-bond donors (Lipinski definition) is 2. The van der Waals surface area contributed by atoms with E-state index in [4.69, 9.17) is 16.9 Å². The number of aliphatic hydroxyl groups excluding tert-OH is 1. The molecule has 0 aliphatic rings. The Labute approximate surface area is 117 Å². The fourth-order valence-corrected chi connectivity index (χ4v) is 2.76. The minimum absolute atomic E-state index is 0.00230. The van der Waals surface area contributed by atoms with Gasteiger partial charge in [-0.1, -0.05) is 18.5 Å². The zero-order chi connectivity index (χ0) is 14.5. The first kappa shape index (κ1) is 15.9. The molecule has 1 atom stereocenters. The molecule has 2 N–H and O–H groups in total. The summed E-state index contributed by atoms with van der Waals surface area (Å²) in [6.45, 7) is 1.97. The van der Waals surface area contributed by atoms with Crippen LogP contribution in [0.4, 0.5) is 0 Å². The van der Waals surface area contributed by atoms with E-state index < -0.39 is 16.1 Å². The third-order valence-corrected chi connectivity index (χ3v) is 4.38. The lowest BCUT2D eigenvalue weighted by molar-refractivity contribution is 0.162. The molecule has 0 aliphatic heterocycles. The molecule has 5 nitrogen and oxygen atoms in total. The molecule has 1 rings (SSSR count). The molecular formula is C12H15ClN2O3S. The van der Waals surface area contributed by atoms with E-state index in [0.717, 1.165) is 0 Å².